The average molecular weight is 342 g/mol. The van der Waals surface area contributed by atoms with E-state index < -0.39 is 0 Å². The fourth-order valence-electron chi connectivity index (χ4n) is 2.76. The fourth-order valence-corrected chi connectivity index (χ4v) is 3.72. The zero-order valence-corrected chi connectivity index (χ0v) is 15.1. The van der Waals surface area contributed by atoms with E-state index >= 15 is 0 Å². The van der Waals surface area contributed by atoms with Crippen molar-refractivity contribution in [3.05, 3.63) is 58.1 Å². The molecule has 0 bridgehead atoms. The van der Waals surface area contributed by atoms with Crippen molar-refractivity contribution in [2.75, 3.05) is 20.3 Å². The van der Waals surface area contributed by atoms with Crippen molar-refractivity contribution in [1.29, 1.82) is 0 Å². The van der Waals surface area contributed by atoms with Crippen molar-refractivity contribution in [3.63, 3.8) is 0 Å². The second-order valence-electron chi connectivity index (χ2n) is 5.96. The Kier molecular flexibility index (Phi) is 5.02. The van der Waals surface area contributed by atoms with Gasteiger partial charge in [0, 0.05) is 25.1 Å². The lowest BCUT2D eigenvalue weighted by atomic mass is 10.1. The van der Waals surface area contributed by atoms with E-state index in [1.54, 1.807) is 18.4 Å². The molecule has 1 amide bonds. The Bertz CT molecular complexity index is 846. The summed E-state index contributed by atoms with van der Waals surface area (Å²) in [5, 5.41) is 2.92. The highest BCUT2D eigenvalue weighted by molar-refractivity contribution is 7.19. The number of aromatic nitrogens is 1. The lowest BCUT2D eigenvalue weighted by Gasteiger charge is -2.11. The first kappa shape index (κ1) is 16.7. The van der Waals surface area contributed by atoms with Gasteiger partial charge in [0.1, 0.15) is 5.69 Å². The number of nitrogens with one attached hydrogen (secondary N) is 1. The van der Waals surface area contributed by atoms with Gasteiger partial charge in [-0.05, 0) is 31.5 Å². The van der Waals surface area contributed by atoms with Crippen LogP contribution in [0.3, 0.4) is 0 Å². The minimum absolute atomic E-state index is 0.0554. The molecule has 0 aliphatic heterocycles. The number of amides is 1. The third-order valence-electron chi connectivity index (χ3n) is 4.00. The number of rotatable bonds is 6. The van der Waals surface area contributed by atoms with Crippen LogP contribution < -0.4 is 5.32 Å². The van der Waals surface area contributed by atoms with Gasteiger partial charge in [0.2, 0.25) is 0 Å². The molecule has 3 aromatic rings. The lowest BCUT2D eigenvalue weighted by Crippen LogP contribution is -2.29. The summed E-state index contributed by atoms with van der Waals surface area (Å²) >= 11 is 1.72. The summed E-state index contributed by atoms with van der Waals surface area (Å²) in [6, 6.07) is 12.6. The van der Waals surface area contributed by atoms with Crippen LogP contribution >= 0.6 is 11.3 Å². The molecule has 3 rings (SSSR count). The zero-order valence-electron chi connectivity index (χ0n) is 14.3. The summed E-state index contributed by atoms with van der Waals surface area (Å²) in [7, 11) is 1.63. The van der Waals surface area contributed by atoms with Crippen LogP contribution in [0.4, 0.5) is 0 Å². The second kappa shape index (κ2) is 7.20. The van der Waals surface area contributed by atoms with Gasteiger partial charge < -0.3 is 14.6 Å². The molecule has 4 nitrogen and oxygen atoms in total. The van der Waals surface area contributed by atoms with Gasteiger partial charge >= 0.3 is 0 Å². The fraction of sp³-hybridized carbons (Fsp3) is 0.316. The minimum atomic E-state index is -0.0554. The Balaban J connectivity index is 1.94. The van der Waals surface area contributed by atoms with Crippen molar-refractivity contribution in [3.8, 4) is 0 Å². The zero-order chi connectivity index (χ0) is 17.1. The number of fused-ring (bicyclic) bond motifs is 1. The van der Waals surface area contributed by atoms with E-state index in [1.165, 1.54) is 16.0 Å². The van der Waals surface area contributed by atoms with Gasteiger partial charge in [-0.3, -0.25) is 4.79 Å². The Morgan fingerprint density at radius 3 is 2.67 bits per heavy atom. The number of hydrogen-bond acceptors (Lipinski definition) is 3. The van der Waals surface area contributed by atoms with Crippen LogP contribution in [0.15, 0.2) is 36.4 Å². The molecule has 0 aliphatic rings. The van der Waals surface area contributed by atoms with Crippen molar-refractivity contribution < 1.29 is 9.53 Å². The number of methoxy groups -OCH3 is 1. The van der Waals surface area contributed by atoms with E-state index in [2.05, 4.69) is 54.1 Å². The number of hydrogen-bond donors (Lipinski definition) is 1. The first-order valence-corrected chi connectivity index (χ1v) is 8.82. The minimum Gasteiger partial charge on any atom is -0.383 e. The average Bonchev–Trinajstić information content (AvgIpc) is 3.07. The van der Waals surface area contributed by atoms with Crippen LogP contribution in [0.2, 0.25) is 0 Å². The van der Waals surface area contributed by atoms with Gasteiger partial charge in [-0.2, -0.15) is 0 Å². The van der Waals surface area contributed by atoms with Crippen molar-refractivity contribution >= 4 is 27.5 Å². The van der Waals surface area contributed by atoms with Crippen LogP contribution in [0.25, 0.3) is 10.2 Å². The molecule has 0 unspecified atom stereocenters. The molecule has 2 heterocycles. The second-order valence-corrected chi connectivity index (χ2v) is 7.24. The number of carbonyl (C=O) groups is 1. The van der Waals surface area contributed by atoms with Crippen molar-refractivity contribution in [1.82, 2.24) is 9.88 Å². The number of thiophene rings is 1. The summed E-state index contributed by atoms with van der Waals surface area (Å²) in [4.78, 5) is 13.8. The Labute approximate surface area is 146 Å². The molecule has 1 N–H and O–H groups in total. The van der Waals surface area contributed by atoms with E-state index in [0.29, 0.717) is 25.4 Å². The van der Waals surface area contributed by atoms with Crippen LogP contribution in [-0.4, -0.2) is 30.7 Å². The predicted molar refractivity (Wildman–Crippen MR) is 99.0 cm³/mol. The summed E-state index contributed by atoms with van der Waals surface area (Å²) in [5.74, 6) is -0.0554. The molecule has 0 aliphatic carbocycles. The quantitative estimate of drug-likeness (QED) is 0.694. The Morgan fingerprint density at radius 1 is 1.21 bits per heavy atom. The van der Waals surface area contributed by atoms with E-state index in [9.17, 15) is 4.79 Å². The predicted octanol–water partition coefficient (Wildman–Crippen LogP) is 3.74. The van der Waals surface area contributed by atoms with Gasteiger partial charge in [0.05, 0.1) is 16.8 Å². The molecular weight excluding hydrogens is 320 g/mol. The van der Waals surface area contributed by atoms with Crippen LogP contribution in [0.1, 0.15) is 26.5 Å². The first-order valence-electron chi connectivity index (χ1n) is 8.01. The SMILES string of the molecule is COCCNC(=O)c1cc2sc(C)cc2n1Cc1ccc(C)cc1. The number of carbonyl (C=O) groups excluding carboxylic acids is 1. The summed E-state index contributed by atoms with van der Waals surface area (Å²) in [6.07, 6.45) is 0. The van der Waals surface area contributed by atoms with Crippen LogP contribution in [-0.2, 0) is 11.3 Å². The van der Waals surface area contributed by atoms with Crippen LogP contribution in [0, 0.1) is 13.8 Å². The lowest BCUT2D eigenvalue weighted by molar-refractivity contribution is 0.0928. The maximum absolute atomic E-state index is 12.6. The first-order chi connectivity index (χ1) is 11.6. The number of benzene rings is 1. The number of aryl methyl sites for hydroxylation is 2. The van der Waals surface area contributed by atoms with Gasteiger partial charge in [0.25, 0.3) is 5.91 Å². The Morgan fingerprint density at radius 2 is 1.96 bits per heavy atom. The largest absolute Gasteiger partial charge is 0.383 e. The molecule has 1 aromatic carbocycles. The maximum atomic E-state index is 12.6. The third-order valence-corrected chi connectivity index (χ3v) is 4.99. The van der Waals surface area contributed by atoms with Gasteiger partial charge in [-0.15, -0.1) is 11.3 Å². The monoisotopic (exact) mass is 342 g/mol. The number of ether oxygens (including phenoxy) is 1. The maximum Gasteiger partial charge on any atom is 0.268 e. The molecule has 0 saturated carbocycles. The molecule has 0 saturated heterocycles. The van der Waals surface area contributed by atoms with Gasteiger partial charge in [0.15, 0.2) is 0 Å². The summed E-state index contributed by atoms with van der Waals surface area (Å²) in [5.41, 5.74) is 4.25. The van der Waals surface area contributed by atoms with E-state index in [0.717, 1.165) is 10.2 Å². The van der Waals surface area contributed by atoms with Crippen molar-refractivity contribution in [2.45, 2.75) is 20.4 Å². The summed E-state index contributed by atoms with van der Waals surface area (Å²) in [6.45, 7) is 5.89. The van der Waals surface area contributed by atoms with E-state index in [1.807, 2.05) is 6.07 Å². The molecular formula is C19H22N2O2S. The molecule has 0 atom stereocenters. The normalized spacial score (nSPS) is 11.1. The highest BCUT2D eigenvalue weighted by Crippen LogP contribution is 2.29. The Hall–Kier alpha value is -2.11. The highest BCUT2D eigenvalue weighted by Gasteiger charge is 2.17. The van der Waals surface area contributed by atoms with Gasteiger partial charge in [-0.1, -0.05) is 29.8 Å². The van der Waals surface area contributed by atoms with E-state index in [-0.39, 0.29) is 5.91 Å². The topological polar surface area (TPSA) is 43.3 Å². The molecule has 24 heavy (non-hydrogen) atoms. The summed E-state index contributed by atoms with van der Waals surface area (Å²) < 4.78 is 8.26. The standard InChI is InChI=1S/C19H22N2O2S/c1-13-4-6-15(7-5-13)12-21-16-10-14(2)24-18(16)11-17(21)19(22)20-8-9-23-3/h4-7,10-11H,8-9,12H2,1-3H3,(H,20,22). The van der Waals surface area contributed by atoms with E-state index in [4.69, 9.17) is 4.74 Å². The highest BCUT2D eigenvalue weighted by atomic mass is 32.1. The van der Waals surface area contributed by atoms with Crippen molar-refractivity contribution in [2.24, 2.45) is 0 Å². The molecule has 0 spiro atoms. The molecule has 0 fully saturated rings. The third kappa shape index (κ3) is 3.52. The molecule has 5 heteroatoms. The smallest absolute Gasteiger partial charge is 0.268 e. The molecule has 0 radical (unpaired) electrons. The molecule has 126 valence electrons. The number of nitrogens with zero attached hydrogens (tertiary/aromatic N) is 1. The van der Waals surface area contributed by atoms with Crippen LogP contribution in [0.5, 0.6) is 0 Å². The molecule has 2 aromatic heterocycles. The van der Waals surface area contributed by atoms with Gasteiger partial charge in [-0.25, -0.2) is 0 Å².